The zero-order valence-corrected chi connectivity index (χ0v) is 15.2. The predicted molar refractivity (Wildman–Crippen MR) is 96.9 cm³/mol. The molecule has 2 aliphatic rings. The molecule has 1 amide bonds. The summed E-state index contributed by atoms with van der Waals surface area (Å²) < 4.78 is 10.8. The van der Waals surface area contributed by atoms with Crippen LogP contribution >= 0.6 is 0 Å². The predicted octanol–water partition coefficient (Wildman–Crippen LogP) is 1.31. The first kappa shape index (κ1) is 18.0. The molecule has 0 bridgehead atoms. The van der Waals surface area contributed by atoms with E-state index in [1.807, 2.05) is 0 Å². The molecular weight excluding hydrogens is 318 g/mol. The Morgan fingerprint density at radius 1 is 1.24 bits per heavy atom. The Morgan fingerprint density at radius 2 is 1.96 bits per heavy atom. The fourth-order valence-electron chi connectivity index (χ4n) is 3.87. The third-order valence-corrected chi connectivity index (χ3v) is 5.37. The highest BCUT2D eigenvalue weighted by atomic mass is 16.5. The van der Waals surface area contributed by atoms with Crippen LogP contribution in [0.2, 0.25) is 0 Å². The van der Waals surface area contributed by atoms with E-state index in [2.05, 4.69) is 22.3 Å². The lowest BCUT2D eigenvalue weighted by Gasteiger charge is -2.29. The smallest absolute Gasteiger partial charge is 0.223 e. The second-order valence-corrected chi connectivity index (χ2v) is 7.06. The van der Waals surface area contributed by atoms with E-state index in [1.54, 1.807) is 14.2 Å². The Kier molecular flexibility index (Phi) is 5.81. The fraction of sp³-hybridized carbons (Fsp3) is 0.632. The van der Waals surface area contributed by atoms with Crippen LogP contribution in [0.15, 0.2) is 12.1 Å². The van der Waals surface area contributed by atoms with Gasteiger partial charge in [0.25, 0.3) is 0 Å². The Balaban J connectivity index is 1.50. The molecule has 0 spiro atoms. The van der Waals surface area contributed by atoms with Crippen molar-refractivity contribution in [2.75, 3.05) is 33.9 Å². The summed E-state index contributed by atoms with van der Waals surface area (Å²) in [7, 11) is 3.33. The molecule has 1 heterocycles. The van der Waals surface area contributed by atoms with Gasteiger partial charge in [-0.25, -0.2) is 0 Å². The van der Waals surface area contributed by atoms with Crippen LogP contribution in [0.1, 0.15) is 30.4 Å². The zero-order valence-electron chi connectivity index (χ0n) is 15.2. The van der Waals surface area contributed by atoms with E-state index in [-0.39, 0.29) is 17.9 Å². The van der Waals surface area contributed by atoms with Gasteiger partial charge in [-0.3, -0.25) is 9.69 Å². The summed E-state index contributed by atoms with van der Waals surface area (Å²) in [6.45, 7) is 3.41. The minimum atomic E-state index is 0.105. The maximum atomic E-state index is 12.2. The molecule has 1 aliphatic carbocycles. The topological polar surface area (TPSA) is 76.8 Å². The van der Waals surface area contributed by atoms with Gasteiger partial charge in [-0.15, -0.1) is 0 Å². The van der Waals surface area contributed by atoms with Crippen LogP contribution in [0, 0.1) is 5.92 Å². The highest BCUT2D eigenvalue weighted by Gasteiger charge is 2.27. The number of nitrogens with zero attached hydrogens (tertiary/aromatic N) is 1. The van der Waals surface area contributed by atoms with Gasteiger partial charge in [0.15, 0.2) is 11.5 Å². The maximum Gasteiger partial charge on any atom is 0.223 e. The summed E-state index contributed by atoms with van der Waals surface area (Å²) in [5.41, 5.74) is 8.48. The van der Waals surface area contributed by atoms with Gasteiger partial charge in [0, 0.05) is 38.1 Å². The Labute approximate surface area is 149 Å². The van der Waals surface area contributed by atoms with E-state index in [9.17, 15) is 4.79 Å². The highest BCUT2D eigenvalue weighted by molar-refractivity contribution is 5.79. The van der Waals surface area contributed by atoms with E-state index in [0.717, 1.165) is 56.8 Å². The van der Waals surface area contributed by atoms with Gasteiger partial charge in [-0.05, 0) is 48.9 Å². The van der Waals surface area contributed by atoms with Crippen molar-refractivity contribution in [1.29, 1.82) is 0 Å². The quantitative estimate of drug-likeness (QED) is 0.811. The average molecular weight is 347 g/mol. The molecule has 6 nitrogen and oxygen atoms in total. The summed E-state index contributed by atoms with van der Waals surface area (Å²) in [5, 5.41) is 3.08. The first-order valence-corrected chi connectivity index (χ1v) is 9.10. The first-order chi connectivity index (χ1) is 12.1. The Hall–Kier alpha value is -1.79. The van der Waals surface area contributed by atoms with Crippen molar-refractivity contribution in [3.05, 3.63) is 23.3 Å². The van der Waals surface area contributed by atoms with Crippen molar-refractivity contribution < 1.29 is 14.3 Å². The molecule has 1 aromatic carbocycles. The van der Waals surface area contributed by atoms with Gasteiger partial charge in [0.1, 0.15) is 0 Å². The first-order valence-electron chi connectivity index (χ1n) is 9.10. The molecule has 0 unspecified atom stereocenters. The lowest BCUT2D eigenvalue weighted by atomic mass is 9.99. The van der Waals surface area contributed by atoms with Gasteiger partial charge in [0.2, 0.25) is 5.91 Å². The SMILES string of the molecule is COc1cc2c(cc1OC)CN(CCNC(=O)[C@@H]1CC[C@@H](N)C1)CC2. The van der Waals surface area contributed by atoms with Gasteiger partial charge < -0.3 is 20.5 Å². The van der Waals surface area contributed by atoms with Crippen LogP contribution in [0.3, 0.4) is 0 Å². The number of carbonyl (C=O) groups is 1. The number of amides is 1. The van der Waals surface area contributed by atoms with Crippen LogP contribution < -0.4 is 20.5 Å². The zero-order chi connectivity index (χ0) is 17.8. The summed E-state index contributed by atoms with van der Waals surface area (Å²) in [6.07, 6.45) is 3.70. The molecule has 138 valence electrons. The third kappa shape index (κ3) is 4.25. The molecule has 6 heteroatoms. The van der Waals surface area contributed by atoms with Gasteiger partial charge in [-0.1, -0.05) is 0 Å². The largest absolute Gasteiger partial charge is 0.493 e. The van der Waals surface area contributed by atoms with Crippen molar-refractivity contribution >= 4 is 5.91 Å². The number of methoxy groups -OCH3 is 2. The van der Waals surface area contributed by atoms with Gasteiger partial charge in [-0.2, -0.15) is 0 Å². The van der Waals surface area contributed by atoms with Crippen LogP contribution in [0.4, 0.5) is 0 Å². The van der Waals surface area contributed by atoms with E-state index in [0.29, 0.717) is 6.54 Å². The number of hydrogen-bond donors (Lipinski definition) is 2. The number of carbonyl (C=O) groups excluding carboxylic acids is 1. The maximum absolute atomic E-state index is 12.2. The van der Waals surface area contributed by atoms with Crippen molar-refractivity contribution in [2.24, 2.45) is 11.7 Å². The van der Waals surface area contributed by atoms with E-state index in [4.69, 9.17) is 15.2 Å². The lowest BCUT2D eigenvalue weighted by Crippen LogP contribution is -2.39. The molecule has 0 radical (unpaired) electrons. The number of hydrogen-bond acceptors (Lipinski definition) is 5. The van der Waals surface area contributed by atoms with Crippen molar-refractivity contribution in [3.63, 3.8) is 0 Å². The molecule has 0 aromatic heterocycles. The van der Waals surface area contributed by atoms with Crippen LogP contribution in [0.25, 0.3) is 0 Å². The van der Waals surface area contributed by atoms with Crippen LogP contribution in [0.5, 0.6) is 11.5 Å². The fourth-order valence-corrected chi connectivity index (χ4v) is 3.87. The summed E-state index contributed by atoms with van der Waals surface area (Å²) >= 11 is 0. The van der Waals surface area contributed by atoms with E-state index < -0.39 is 0 Å². The minimum Gasteiger partial charge on any atom is -0.493 e. The number of nitrogens with two attached hydrogens (primary N) is 1. The molecular formula is C19H29N3O3. The Morgan fingerprint density at radius 3 is 2.60 bits per heavy atom. The monoisotopic (exact) mass is 347 g/mol. The molecule has 0 saturated heterocycles. The molecule has 1 aliphatic heterocycles. The van der Waals surface area contributed by atoms with E-state index in [1.165, 1.54) is 11.1 Å². The van der Waals surface area contributed by atoms with Crippen molar-refractivity contribution in [3.8, 4) is 11.5 Å². The molecule has 2 atom stereocenters. The van der Waals surface area contributed by atoms with Gasteiger partial charge in [0.05, 0.1) is 14.2 Å². The number of ether oxygens (including phenoxy) is 2. The Bertz CT molecular complexity index is 620. The second kappa shape index (κ2) is 8.06. The third-order valence-electron chi connectivity index (χ3n) is 5.37. The number of nitrogens with one attached hydrogen (secondary N) is 1. The van der Waals surface area contributed by atoms with Crippen LogP contribution in [-0.2, 0) is 17.8 Å². The molecule has 1 saturated carbocycles. The highest BCUT2D eigenvalue weighted by Crippen LogP contribution is 2.33. The summed E-state index contributed by atoms with van der Waals surface area (Å²) in [5.74, 6) is 1.83. The van der Waals surface area contributed by atoms with Gasteiger partial charge >= 0.3 is 0 Å². The lowest BCUT2D eigenvalue weighted by molar-refractivity contribution is -0.124. The molecule has 1 fully saturated rings. The number of rotatable bonds is 6. The molecule has 3 N–H and O–H groups in total. The van der Waals surface area contributed by atoms with Crippen LogP contribution in [-0.4, -0.2) is 50.7 Å². The second-order valence-electron chi connectivity index (χ2n) is 7.06. The summed E-state index contributed by atoms with van der Waals surface area (Å²) in [6, 6.07) is 4.34. The minimum absolute atomic E-state index is 0.105. The normalized spacial score (nSPS) is 23.2. The number of fused-ring (bicyclic) bond motifs is 1. The van der Waals surface area contributed by atoms with Crippen molar-refractivity contribution in [1.82, 2.24) is 10.2 Å². The average Bonchev–Trinajstić information content (AvgIpc) is 3.06. The molecule has 1 aromatic rings. The van der Waals surface area contributed by atoms with E-state index >= 15 is 0 Å². The summed E-state index contributed by atoms with van der Waals surface area (Å²) in [4.78, 5) is 14.5. The standard InChI is InChI=1S/C19H29N3O3/c1-24-17-10-13-5-7-22(12-15(13)11-18(17)25-2)8-6-21-19(23)14-3-4-16(20)9-14/h10-11,14,16H,3-9,12,20H2,1-2H3,(H,21,23)/t14-,16-/m1/s1. The van der Waals surface area contributed by atoms with Crippen molar-refractivity contribution in [2.45, 2.75) is 38.3 Å². The molecule has 25 heavy (non-hydrogen) atoms. The number of benzene rings is 1. The molecule has 3 rings (SSSR count).